The third-order valence-electron chi connectivity index (χ3n) is 2.61. The Morgan fingerprint density at radius 2 is 2.00 bits per heavy atom. The van der Waals surface area contributed by atoms with E-state index in [4.69, 9.17) is 10.5 Å². The van der Waals surface area contributed by atoms with E-state index >= 15 is 0 Å². The molecule has 0 aliphatic heterocycles. The highest BCUT2D eigenvalue weighted by Crippen LogP contribution is 2.20. The molecule has 0 bridgehead atoms. The first-order valence-corrected chi connectivity index (χ1v) is 5.60. The summed E-state index contributed by atoms with van der Waals surface area (Å²) in [5.41, 5.74) is 8.39. The Hall–Kier alpha value is -1.06. The molecule has 0 aromatic heterocycles. The van der Waals surface area contributed by atoms with Gasteiger partial charge in [-0.3, -0.25) is 0 Å². The molecule has 16 heavy (non-hydrogen) atoms. The van der Waals surface area contributed by atoms with Gasteiger partial charge in [-0.1, -0.05) is 12.1 Å². The van der Waals surface area contributed by atoms with Gasteiger partial charge in [-0.25, -0.2) is 0 Å². The maximum absolute atomic E-state index is 5.94. The molecule has 0 saturated heterocycles. The van der Waals surface area contributed by atoms with Crippen LogP contribution in [0.1, 0.15) is 11.1 Å². The minimum Gasteiger partial charge on any atom is -0.492 e. The Labute approximate surface area is 98.2 Å². The lowest BCUT2D eigenvalue weighted by atomic mass is 10.1. The maximum Gasteiger partial charge on any atom is 0.122 e. The topological polar surface area (TPSA) is 38.5 Å². The van der Waals surface area contributed by atoms with Crippen LogP contribution in [-0.4, -0.2) is 38.2 Å². The van der Waals surface area contributed by atoms with Crippen LogP contribution in [0.4, 0.5) is 0 Å². The van der Waals surface area contributed by atoms with Crippen molar-refractivity contribution in [3.8, 4) is 5.75 Å². The van der Waals surface area contributed by atoms with E-state index < -0.39 is 0 Å². The third-order valence-corrected chi connectivity index (χ3v) is 2.61. The zero-order valence-corrected chi connectivity index (χ0v) is 10.7. The number of nitrogens with zero attached hydrogens (tertiary/aromatic N) is 1. The molecule has 0 heterocycles. The molecule has 1 rings (SSSR count). The molecule has 0 radical (unpaired) electrons. The van der Waals surface area contributed by atoms with Gasteiger partial charge in [0.05, 0.1) is 6.04 Å². The number of hydrogen-bond donors (Lipinski definition) is 1. The highest BCUT2D eigenvalue weighted by molar-refractivity contribution is 5.38. The van der Waals surface area contributed by atoms with Crippen LogP contribution in [-0.2, 0) is 0 Å². The van der Waals surface area contributed by atoms with Crippen molar-refractivity contribution in [1.29, 1.82) is 0 Å². The normalized spacial score (nSPS) is 12.9. The predicted octanol–water partition coefficient (Wildman–Crippen LogP) is 1.57. The van der Waals surface area contributed by atoms with Crippen LogP contribution < -0.4 is 10.5 Å². The SMILES string of the molecule is Cc1cccc(OCC(N)CN(C)C)c1C. The van der Waals surface area contributed by atoms with Crippen molar-refractivity contribution in [3.05, 3.63) is 29.3 Å². The zero-order chi connectivity index (χ0) is 12.1. The van der Waals surface area contributed by atoms with E-state index in [0.29, 0.717) is 6.61 Å². The molecule has 3 nitrogen and oxygen atoms in total. The Balaban J connectivity index is 2.51. The van der Waals surface area contributed by atoms with Gasteiger partial charge < -0.3 is 15.4 Å². The largest absolute Gasteiger partial charge is 0.492 e. The lowest BCUT2D eigenvalue weighted by Gasteiger charge is -2.18. The Morgan fingerprint density at radius 3 is 2.62 bits per heavy atom. The molecule has 1 aromatic carbocycles. The molecule has 0 aliphatic carbocycles. The van der Waals surface area contributed by atoms with Gasteiger partial charge >= 0.3 is 0 Å². The van der Waals surface area contributed by atoms with Crippen LogP contribution in [0.3, 0.4) is 0 Å². The molecule has 0 spiro atoms. The average Bonchev–Trinajstić information content (AvgIpc) is 2.19. The molecule has 3 heteroatoms. The fraction of sp³-hybridized carbons (Fsp3) is 0.538. The molecule has 2 N–H and O–H groups in total. The number of nitrogens with two attached hydrogens (primary N) is 1. The van der Waals surface area contributed by atoms with Crippen molar-refractivity contribution >= 4 is 0 Å². The van der Waals surface area contributed by atoms with Gasteiger partial charge in [0.25, 0.3) is 0 Å². The van der Waals surface area contributed by atoms with Crippen LogP contribution in [0, 0.1) is 13.8 Å². The van der Waals surface area contributed by atoms with Crippen molar-refractivity contribution in [2.24, 2.45) is 5.73 Å². The minimum atomic E-state index is 0.0508. The summed E-state index contributed by atoms with van der Waals surface area (Å²) in [6.45, 7) is 5.55. The van der Waals surface area contributed by atoms with E-state index in [0.717, 1.165) is 12.3 Å². The van der Waals surface area contributed by atoms with Gasteiger partial charge in [0.1, 0.15) is 12.4 Å². The zero-order valence-electron chi connectivity index (χ0n) is 10.7. The van der Waals surface area contributed by atoms with Crippen LogP contribution in [0.2, 0.25) is 0 Å². The highest BCUT2D eigenvalue weighted by atomic mass is 16.5. The molecule has 0 fully saturated rings. The lowest BCUT2D eigenvalue weighted by Crippen LogP contribution is -2.38. The summed E-state index contributed by atoms with van der Waals surface area (Å²) in [6, 6.07) is 6.14. The summed E-state index contributed by atoms with van der Waals surface area (Å²) < 4.78 is 5.73. The van der Waals surface area contributed by atoms with Gasteiger partial charge in [-0.05, 0) is 45.1 Å². The summed E-state index contributed by atoms with van der Waals surface area (Å²) in [5, 5.41) is 0. The summed E-state index contributed by atoms with van der Waals surface area (Å²) >= 11 is 0. The second kappa shape index (κ2) is 5.87. The summed E-state index contributed by atoms with van der Waals surface area (Å²) in [6.07, 6.45) is 0. The van der Waals surface area contributed by atoms with Gasteiger partial charge in [-0.2, -0.15) is 0 Å². The highest BCUT2D eigenvalue weighted by Gasteiger charge is 2.07. The lowest BCUT2D eigenvalue weighted by molar-refractivity contribution is 0.253. The molecule has 1 atom stereocenters. The van der Waals surface area contributed by atoms with Crippen molar-refractivity contribution in [3.63, 3.8) is 0 Å². The Kier molecular flexibility index (Phi) is 4.77. The quantitative estimate of drug-likeness (QED) is 0.822. The maximum atomic E-state index is 5.94. The third kappa shape index (κ3) is 3.83. The number of hydrogen-bond acceptors (Lipinski definition) is 3. The van der Waals surface area contributed by atoms with Crippen LogP contribution >= 0.6 is 0 Å². The number of likely N-dealkylation sites (N-methyl/N-ethyl adjacent to an activating group) is 1. The van der Waals surface area contributed by atoms with Crippen LogP contribution in [0.15, 0.2) is 18.2 Å². The first-order chi connectivity index (χ1) is 7.50. The second-order valence-electron chi connectivity index (χ2n) is 4.53. The first kappa shape index (κ1) is 13.0. The number of ether oxygens (including phenoxy) is 1. The van der Waals surface area contributed by atoms with Crippen LogP contribution in [0.5, 0.6) is 5.75 Å². The van der Waals surface area contributed by atoms with E-state index in [1.807, 2.05) is 26.2 Å². The summed E-state index contributed by atoms with van der Waals surface area (Å²) in [7, 11) is 4.02. The smallest absolute Gasteiger partial charge is 0.122 e. The molecule has 1 unspecified atom stereocenters. The van der Waals surface area contributed by atoms with E-state index in [9.17, 15) is 0 Å². The minimum absolute atomic E-state index is 0.0508. The van der Waals surface area contributed by atoms with Crippen molar-refractivity contribution in [1.82, 2.24) is 4.90 Å². The van der Waals surface area contributed by atoms with Gasteiger partial charge in [0.15, 0.2) is 0 Å². The molecular formula is C13H22N2O. The number of benzene rings is 1. The van der Waals surface area contributed by atoms with E-state index in [1.54, 1.807) is 0 Å². The van der Waals surface area contributed by atoms with E-state index in [-0.39, 0.29) is 6.04 Å². The molecule has 0 saturated carbocycles. The van der Waals surface area contributed by atoms with Crippen molar-refractivity contribution < 1.29 is 4.74 Å². The molecule has 90 valence electrons. The average molecular weight is 222 g/mol. The summed E-state index contributed by atoms with van der Waals surface area (Å²) in [4.78, 5) is 2.07. The van der Waals surface area contributed by atoms with Crippen molar-refractivity contribution in [2.45, 2.75) is 19.9 Å². The van der Waals surface area contributed by atoms with Gasteiger partial charge in [0.2, 0.25) is 0 Å². The fourth-order valence-electron chi connectivity index (χ4n) is 1.60. The van der Waals surface area contributed by atoms with Crippen molar-refractivity contribution in [2.75, 3.05) is 27.2 Å². The molecule has 1 aromatic rings. The van der Waals surface area contributed by atoms with E-state index in [2.05, 4.69) is 24.8 Å². The molecule has 0 aliphatic rings. The number of aryl methyl sites for hydroxylation is 1. The fourth-order valence-corrected chi connectivity index (χ4v) is 1.60. The van der Waals surface area contributed by atoms with Gasteiger partial charge in [0, 0.05) is 6.54 Å². The Bertz CT molecular complexity index is 337. The number of rotatable bonds is 5. The molecule has 0 amide bonds. The second-order valence-corrected chi connectivity index (χ2v) is 4.53. The van der Waals surface area contributed by atoms with Gasteiger partial charge in [-0.15, -0.1) is 0 Å². The first-order valence-electron chi connectivity index (χ1n) is 5.60. The predicted molar refractivity (Wildman–Crippen MR) is 67.9 cm³/mol. The monoisotopic (exact) mass is 222 g/mol. The Morgan fingerprint density at radius 1 is 1.31 bits per heavy atom. The molecular weight excluding hydrogens is 200 g/mol. The standard InChI is InChI=1S/C13H22N2O/c1-10-6-5-7-13(11(10)2)16-9-12(14)8-15(3)4/h5-7,12H,8-9,14H2,1-4H3. The van der Waals surface area contributed by atoms with E-state index in [1.165, 1.54) is 11.1 Å². The summed E-state index contributed by atoms with van der Waals surface area (Å²) in [5.74, 6) is 0.939. The van der Waals surface area contributed by atoms with Crippen LogP contribution in [0.25, 0.3) is 0 Å².